The van der Waals surface area contributed by atoms with Crippen molar-refractivity contribution in [2.75, 3.05) is 15.9 Å². The van der Waals surface area contributed by atoms with Crippen molar-refractivity contribution < 1.29 is 13.2 Å². The minimum atomic E-state index is -3.59. The number of aryl methyl sites for hydroxylation is 1. The molecule has 1 amide bonds. The van der Waals surface area contributed by atoms with Crippen LogP contribution in [0.25, 0.3) is 0 Å². The quantitative estimate of drug-likeness (QED) is 0.910. The van der Waals surface area contributed by atoms with Crippen LogP contribution in [0.5, 0.6) is 0 Å². The first-order valence-corrected chi connectivity index (χ1v) is 9.72. The SMILES string of the molecule is CS(=O)(=O)N1c2ccccc2CCC1C(=O)Nc1cccc(Cl)c1. The fourth-order valence-corrected chi connectivity index (χ4v) is 4.34. The maximum absolute atomic E-state index is 12.7. The van der Waals surface area contributed by atoms with E-state index in [1.54, 1.807) is 36.4 Å². The minimum Gasteiger partial charge on any atom is -0.324 e. The summed E-state index contributed by atoms with van der Waals surface area (Å²) in [6, 6.07) is 13.2. The van der Waals surface area contributed by atoms with Crippen LogP contribution in [0, 0.1) is 0 Å². The Labute approximate surface area is 146 Å². The van der Waals surface area contributed by atoms with E-state index in [0.29, 0.717) is 29.2 Å². The van der Waals surface area contributed by atoms with E-state index in [4.69, 9.17) is 11.6 Å². The monoisotopic (exact) mass is 364 g/mol. The highest BCUT2D eigenvalue weighted by molar-refractivity contribution is 7.92. The molecule has 1 aliphatic heterocycles. The summed E-state index contributed by atoms with van der Waals surface area (Å²) in [6.45, 7) is 0. The van der Waals surface area contributed by atoms with Gasteiger partial charge in [0.2, 0.25) is 15.9 Å². The Morgan fingerprint density at radius 3 is 2.67 bits per heavy atom. The molecule has 3 rings (SSSR count). The van der Waals surface area contributed by atoms with Crippen LogP contribution < -0.4 is 9.62 Å². The van der Waals surface area contributed by atoms with Crippen LogP contribution in [0.15, 0.2) is 48.5 Å². The number of rotatable bonds is 3. The van der Waals surface area contributed by atoms with Gasteiger partial charge in [0, 0.05) is 10.7 Å². The number of nitrogens with zero attached hydrogens (tertiary/aromatic N) is 1. The number of nitrogens with one attached hydrogen (secondary N) is 1. The first-order valence-electron chi connectivity index (χ1n) is 7.50. The molecule has 0 fully saturated rings. The number of amides is 1. The Balaban J connectivity index is 1.93. The maximum atomic E-state index is 12.7. The lowest BCUT2D eigenvalue weighted by molar-refractivity contribution is -0.117. The van der Waals surface area contributed by atoms with Crippen LogP contribution in [0.2, 0.25) is 5.02 Å². The Bertz CT molecular complexity index is 883. The van der Waals surface area contributed by atoms with E-state index in [1.165, 1.54) is 4.31 Å². The highest BCUT2D eigenvalue weighted by atomic mass is 35.5. The molecule has 2 aromatic carbocycles. The molecule has 1 atom stereocenters. The zero-order chi connectivity index (χ0) is 17.3. The Morgan fingerprint density at radius 2 is 1.96 bits per heavy atom. The second-order valence-electron chi connectivity index (χ2n) is 5.74. The Kier molecular flexibility index (Phi) is 4.51. The molecule has 0 saturated heterocycles. The summed E-state index contributed by atoms with van der Waals surface area (Å²) in [5, 5.41) is 3.26. The van der Waals surface area contributed by atoms with Crippen molar-refractivity contribution in [3.05, 3.63) is 59.1 Å². The van der Waals surface area contributed by atoms with Gasteiger partial charge < -0.3 is 5.32 Å². The lowest BCUT2D eigenvalue weighted by Gasteiger charge is -2.35. The average Bonchev–Trinajstić information content (AvgIpc) is 2.52. The number of para-hydroxylation sites is 1. The van der Waals surface area contributed by atoms with Crippen molar-refractivity contribution in [2.45, 2.75) is 18.9 Å². The molecule has 0 saturated carbocycles. The van der Waals surface area contributed by atoms with Crippen LogP contribution in [0.1, 0.15) is 12.0 Å². The summed E-state index contributed by atoms with van der Waals surface area (Å²) in [5.41, 5.74) is 2.03. The molecule has 0 radical (unpaired) electrons. The van der Waals surface area contributed by atoms with Gasteiger partial charge in [0.25, 0.3) is 0 Å². The summed E-state index contributed by atoms with van der Waals surface area (Å²) < 4.78 is 25.8. The molecule has 7 heteroatoms. The first-order chi connectivity index (χ1) is 11.4. The molecule has 5 nitrogen and oxygen atoms in total. The largest absolute Gasteiger partial charge is 0.324 e. The summed E-state index contributed by atoms with van der Waals surface area (Å²) >= 11 is 5.92. The molecule has 2 aromatic rings. The Hall–Kier alpha value is -2.05. The van der Waals surface area contributed by atoms with Crippen LogP contribution >= 0.6 is 11.6 Å². The van der Waals surface area contributed by atoms with Gasteiger partial charge in [0.05, 0.1) is 11.9 Å². The Morgan fingerprint density at radius 1 is 1.21 bits per heavy atom. The van der Waals surface area contributed by atoms with Crippen molar-refractivity contribution >= 4 is 38.9 Å². The molecule has 1 unspecified atom stereocenters. The van der Waals surface area contributed by atoms with Gasteiger partial charge in [0.15, 0.2) is 0 Å². The molecule has 1 heterocycles. The van der Waals surface area contributed by atoms with E-state index in [9.17, 15) is 13.2 Å². The van der Waals surface area contributed by atoms with Crippen LogP contribution in [0.4, 0.5) is 11.4 Å². The van der Waals surface area contributed by atoms with Gasteiger partial charge in [-0.15, -0.1) is 0 Å². The van der Waals surface area contributed by atoms with E-state index < -0.39 is 16.1 Å². The third-order valence-corrected chi connectivity index (χ3v) is 5.35. The molecule has 126 valence electrons. The maximum Gasteiger partial charge on any atom is 0.248 e. The highest BCUT2D eigenvalue weighted by Crippen LogP contribution is 2.33. The average molecular weight is 365 g/mol. The summed E-state index contributed by atoms with van der Waals surface area (Å²) in [7, 11) is -3.59. The number of hydrogen-bond acceptors (Lipinski definition) is 3. The van der Waals surface area contributed by atoms with E-state index >= 15 is 0 Å². The zero-order valence-electron chi connectivity index (χ0n) is 13.1. The van der Waals surface area contributed by atoms with Crippen molar-refractivity contribution in [1.29, 1.82) is 0 Å². The zero-order valence-corrected chi connectivity index (χ0v) is 14.6. The first kappa shape index (κ1) is 16.8. The predicted octanol–water partition coefficient (Wildman–Crippen LogP) is 3.06. The van der Waals surface area contributed by atoms with Gasteiger partial charge in [-0.2, -0.15) is 0 Å². The fraction of sp³-hybridized carbons (Fsp3) is 0.235. The molecular formula is C17H17ClN2O3S. The van der Waals surface area contributed by atoms with Crippen molar-refractivity contribution in [1.82, 2.24) is 0 Å². The topological polar surface area (TPSA) is 66.5 Å². The smallest absolute Gasteiger partial charge is 0.248 e. The molecule has 1 N–H and O–H groups in total. The van der Waals surface area contributed by atoms with Crippen molar-refractivity contribution in [3.63, 3.8) is 0 Å². The van der Waals surface area contributed by atoms with Gasteiger partial charge in [0.1, 0.15) is 6.04 Å². The third-order valence-electron chi connectivity index (χ3n) is 3.95. The van der Waals surface area contributed by atoms with Gasteiger partial charge in [-0.3, -0.25) is 9.10 Å². The molecule has 0 bridgehead atoms. The number of anilines is 2. The lowest BCUT2D eigenvalue weighted by atomic mass is 9.97. The molecule has 0 spiro atoms. The van der Waals surface area contributed by atoms with Gasteiger partial charge in [-0.05, 0) is 42.7 Å². The van der Waals surface area contributed by atoms with Crippen LogP contribution in [0.3, 0.4) is 0 Å². The lowest BCUT2D eigenvalue weighted by Crippen LogP contribution is -2.49. The normalized spacial score (nSPS) is 17.2. The second-order valence-corrected chi connectivity index (χ2v) is 8.04. The minimum absolute atomic E-state index is 0.364. The summed E-state index contributed by atoms with van der Waals surface area (Å²) in [6.07, 6.45) is 2.20. The highest BCUT2D eigenvalue weighted by Gasteiger charge is 2.36. The molecule has 0 aliphatic carbocycles. The van der Waals surface area contributed by atoms with Gasteiger partial charge in [-0.1, -0.05) is 35.9 Å². The summed E-state index contributed by atoms with van der Waals surface area (Å²) in [4.78, 5) is 12.7. The number of carbonyl (C=O) groups excluding carboxylic acids is 1. The van der Waals surface area contributed by atoms with E-state index in [0.717, 1.165) is 11.8 Å². The second kappa shape index (κ2) is 6.45. The fourth-order valence-electron chi connectivity index (χ4n) is 2.95. The third kappa shape index (κ3) is 3.39. The predicted molar refractivity (Wildman–Crippen MR) is 96.0 cm³/mol. The molecule has 1 aliphatic rings. The number of sulfonamides is 1. The number of carbonyl (C=O) groups is 1. The van der Waals surface area contributed by atoms with Crippen molar-refractivity contribution in [2.24, 2.45) is 0 Å². The van der Waals surface area contributed by atoms with Gasteiger partial charge >= 0.3 is 0 Å². The van der Waals surface area contributed by atoms with Crippen LogP contribution in [-0.4, -0.2) is 26.6 Å². The molecule has 0 aromatic heterocycles. The number of hydrogen-bond donors (Lipinski definition) is 1. The van der Waals surface area contributed by atoms with Crippen molar-refractivity contribution in [3.8, 4) is 0 Å². The molecule has 24 heavy (non-hydrogen) atoms. The summed E-state index contributed by atoms with van der Waals surface area (Å²) in [5.74, 6) is -0.364. The van der Waals surface area contributed by atoms with E-state index in [2.05, 4.69) is 5.32 Å². The van der Waals surface area contributed by atoms with Crippen LogP contribution in [-0.2, 0) is 21.2 Å². The van der Waals surface area contributed by atoms with E-state index in [1.807, 2.05) is 12.1 Å². The van der Waals surface area contributed by atoms with Gasteiger partial charge in [-0.25, -0.2) is 8.42 Å². The van der Waals surface area contributed by atoms with E-state index in [-0.39, 0.29) is 5.91 Å². The number of fused-ring (bicyclic) bond motifs is 1. The number of halogens is 1. The number of benzene rings is 2. The molecular weight excluding hydrogens is 348 g/mol. The standard InChI is InChI=1S/C17H17ClN2O3S/c1-24(22,23)20-15-8-3-2-5-12(15)9-10-16(20)17(21)19-14-7-4-6-13(18)11-14/h2-8,11,16H,9-10H2,1H3,(H,19,21).